The maximum absolute atomic E-state index is 10.8. The van der Waals surface area contributed by atoms with Crippen LogP contribution in [0.25, 0.3) is 0 Å². The van der Waals surface area contributed by atoms with Crippen molar-refractivity contribution in [1.82, 2.24) is 0 Å². The number of carbonyl (C=O) groups is 2. The number of nitrogens with two attached hydrogens (primary N) is 1. The molecule has 0 spiro atoms. The summed E-state index contributed by atoms with van der Waals surface area (Å²) in [6, 6.07) is 17.2. The lowest BCUT2D eigenvalue weighted by Gasteiger charge is -2.42. The molecular formula is C40H66N2O2. The monoisotopic (exact) mass is 607 g/mol. The van der Waals surface area contributed by atoms with Crippen LogP contribution >= 0.6 is 0 Å². The second-order valence-corrected chi connectivity index (χ2v) is 12.4. The number of benzene rings is 2. The topological polar surface area (TPSA) is 72.5 Å². The molecule has 0 amide bonds. The standard InChI is InChI=1S/C22H33N.C14H20O.C2H6.CH5N.CH2O/c1-7-20(18-11-9-10-17(3)16-18)23-22(6)14-12-19(13-15-22)21(4,5)8-2;1-4-11(2)14-9-7-13(8-10-14)6-5-12(3)15;3*1-2/h7,9-11,16,19H,1,8,12-15H2,2-6H3;7-11H,4-6H2,1-3H3;1-2H3;2H2,1H3;1H2. The minimum Gasteiger partial charge on any atom is -0.333 e. The van der Waals surface area contributed by atoms with Gasteiger partial charge in [0.15, 0.2) is 0 Å². The van der Waals surface area contributed by atoms with Crippen molar-refractivity contribution in [2.24, 2.45) is 22.1 Å². The third-order valence-corrected chi connectivity index (χ3v) is 8.90. The van der Waals surface area contributed by atoms with Gasteiger partial charge in [-0.2, -0.15) is 0 Å². The highest BCUT2D eigenvalue weighted by molar-refractivity contribution is 6.08. The van der Waals surface area contributed by atoms with Crippen LogP contribution in [0.3, 0.4) is 0 Å². The van der Waals surface area contributed by atoms with Gasteiger partial charge >= 0.3 is 0 Å². The number of hydrogen-bond donors (Lipinski definition) is 1. The summed E-state index contributed by atoms with van der Waals surface area (Å²) in [5, 5.41) is 0. The largest absolute Gasteiger partial charge is 0.333 e. The van der Waals surface area contributed by atoms with Crippen LogP contribution in [0.4, 0.5) is 0 Å². The molecule has 1 fully saturated rings. The summed E-state index contributed by atoms with van der Waals surface area (Å²) >= 11 is 0. The van der Waals surface area contributed by atoms with Gasteiger partial charge in [0.25, 0.3) is 0 Å². The number of aliphatic imine (C=N–C) groups is 1. The van der Waals surface area contributed by atoms with E-state index in [1.807, 2.05) is 26.7 Å². The number of allylic oxidation sites excluding steroid dienone is 1. The molecule has 0 heterocycles. The van der Waals surface area contributed by atoms with Crippen molar-refractivity contribution in [2.75, 3.05) is 7.05 Å². The Labute approximate surface area is 272 Å². The fourth-order valence-electron chi connectivity index (χ4n) is 5.31. The SMILES string of the molecule is C=CC(=NC1(C)CCC(C(C)(C)CC)CC1)c1cccc(C)c1.C=O.CC.CCC(C)c1ccc(CCC(C)=O)cc1.CN. The maximum Gasteiger partial charge on any atom is 0.130 e. The van der Waals surface area contributed by atoms with Gasteiger partial charge in [-0.05, 0) is 112 Å². The van der Waals surface area contributed by atoms with Gasteiger partial charge in [-0.1, -0.05) is 109 Å². The first kappa shape index (κ1) is 43.3. The van der Waals surface area contributed by atoms with Gasteiger partial charge < -0.3 is 15.3 Å². The zero-order valence-corrected chi connectivity index (χ0v) is 30.3. The summed E-state index contributed by atoms with van der Waals surface area (Å²) < 4.78 is 0. The summed E-state index contributed by atoms with van der Waals surface area (Å²) in [6.45, 7) is 27.7. The van der Waals surface area contributed by atoms with Gasteiger partial charge in [0, 0.05) is 6.42 Å². The van der Waals surface area contributed by atoms with E-state index in [1.165, 1.54) is 67.8 Å². The van der Waals surface area contributed by atoms with Crippen molar-refractivity contribution in [3.8, 4) is 0 Å². The van der Waals surface area contributed by atoms with Crippen LogP contribution in [-0.2, 0) is 16.0 Å². The number of aryl methyl sites for hydroxylation is 2. The van der Waals surface area contributed by atoms with Crippen LogP contribution in [-0.4, -0.2) is 30.9 Å². The quantitative estimate of drug-likeness (QED) is 0.273. The molecule has 2 aromatic carbocycles. The number of carbonyl (C=O) groups excluding carboxylic acids is 2. The molecule has 3 rings (SSSR count). The zero-order chi connectivity index (χ0) is 34.3. The normalized spacial score (nSPS) is 18.3. The van der Waals surface area contributed by atoms with Crippen molar-refractivity contribution in [2.45, 2.75) is 132 Å². The summed E-state index contributed by atoms with van der Waals surface area (Å²) in [4.78, 5) is 24.0. The van der Waals surface area contributed by atoms with Crippen LogP contribution in [0.1, 0.15) is 135 Å². The van der Waals surface area contributed by atoms with Crippen molar-refractivity contribution in [3.05, 3.63) is 83.4 Å². The highest BCUT2D eigenvalue weighted by atomic mass is 16.1. The number of ketones is 1. The van der Waals surface area contributed by atoms with Crippen LogP contribution < -0.4 is 5.73 Å². The van der Waals surface area contributed by atoms with Crippen LogP contribution in [0.2, 0.25) is 0 Å². The van der Waals surface area contributed by atoms with Crippen molar-refractivity contribution in [3.63, 3.8) is 0 Å². The minimum atomic E-state index is 0.0631. The van der Waals surface area contributed by atoms with E-state index in [4.69, 9.17) is 9.79 Å². The maximum atomic E-state index is 10.8. The molecule has 248 valence electrons. The lowest BCUT2D eigenvalue weighted by Crippen LogP contribution is -2.35. The average Bonchev–Trinajstić information content (AvgIpc) is 3.06. The van der Waals surface area contributed by atoms with Crippen molar-refractivity contribution in [1.29, 1.82) is 0 Å². The fourth-order valence-corrected chi connectivity index (χ4v) is 5.31. The van der Waals surface area contributed by atoms with E-state index in [2.05, 4.69) is 109 Å². The Kier molecular flexibility index (Phi) is 23.1. The summed E-state index contributed by atoms with van der Waals surface area (Å²) in [5.41, 5.74) is 11.2. The Hall–Kier alpha value is -2.85. The molecule has 2 aromatic rings. The van der Waals surface area contributed by atoms with Crippen LogP contribution in [0.5, 0.6) is 0 Å². The molecule has 4 nitrogen and oxygen atoms in total. The smallest absolute Gasteiger partial charge is 0.130 e. The van der Waals surface area contributed by atoms with E-state index in [9.17, 15) is 4.79 Å². The molecular weight excluding hydrogens is 540 g/mol. The lowest BCUT2D eigenvalue weighted by atomic mass is 9.66. The molecule has 0 aliphatic heterocycles. The highest BCUT2D eigenvalue weighted by Crippen LogP contribution is 2.44. The highest BCUT2D eigenvalue weighted by Gasteiger charge is 2.37. The Morgan fingerprint density at radius 3 is 2.05 bits per heavy atom. The van der Waals surface area contributed by atoms with E-state index in [0.717, 1.165) is 18.1 Å². The molecule has 2 N–H and O–H groups in total. The van der Waals surface area contributed by atoms with E-state index in [1.54, 1.807) is 6.92 Å². The second kappa shape index (κ2) is 23.5. The van der Waals surface area contributed by atoms with Crippen LogP contribution in [0.15, 0.2) is 66.2 Å². The number of hydrogen-bond acceptors (Lipinski definition) is 4. The Morgan fingerprint density at radius 1 is 1.07 bits per heavy atom. The van der Waals surface area contributed by atoms with Gasteiger partial charge in [-0.25, -0.2) is 0 Å². The Morgan fingerprint density at radius 2 is 1.61 bits per heavy atom. The third-order valence-electron chi connectivity index (χ3n) is 8.90. The number of rotatable bonds is 10. The predicted octanol–water partition coefficient (Wildman–Crippen LogP) is 10.5. The molecule has 0 saturated heterocycles. The van der Waals surface area contributed by atoms with Gasteiger partial charge in [0.1, 0.15) is 12.6 Å². The Bertz CT molecular complexity index is 1080. The molecule has 0 bridgehead atoms. The molecule has 1 unspecified atom stereocenters. The lowest BCUT2D eigenvalue weighted by molar-refractivity contribution is -0.117. The summed E-state index contributed by atoms with van der Waals surface area (Å²) in [6.07, 6.45) is 10.8. The van der Waals surface area contributed by atoms with Crippen molar-refractivity contribution >= 4 is 18.3 Å². The Balaban J connectivity index is 0. The third kappa shape index (κ3) is 15.7. The van der Waals surface area contributed by atoms with Gasteiger partial charge in [-0.3, -0.25) is 4.99 Å². The van der Waals surface area contributed by atoms with Crippen molar-refractivity contribution < 1.29 is 9.59 Å². The molecule has 1 aliphatic rings. The first-order valence-corrected chi connectivity index (χ1v) is 16.7. The van der Waals surface area contributed by atoms with Gasteiger partial charge in [0.05, 0.1) is 11.3 Å². The average molecular weight is 607 g/mol. The molecule has 44 heavy (non-hydrogen) atoms. The zero-order valence-electron chi connectivity index (χ0n) is 30.3. The minimum absolute atomic E-state index is 0.0631. The number of nitrogens with zero attached hydrogens (tertiary/aromatic N) is 1. The van der Waals surface area contributed by atoms with E-state index < -0.39 is 0 Å². The van der Waals surface area contributed by atoms with E-state index in [0.29, 0.717) is 17.8 Å². The molecule has 1 aliphatic carbocycles. The predicted molar refractivity (Wildman–Crippen MR) is 195 cm³/mol. The molecule has 0 radical (unpaired) electrons. The molecule has 0 aromatic heterocycles. The fraction of sp³-hybridized carbons (Fsp3) is 0.575. The number of Topliss-reactive ketones (excluding diaryl/α,β-unsaturated/α-hetero) is 1. The van der Waals surface area contributed by atoms with Gasteiger partial charge in [0.2, 0.25) is 0 Å². The summed E-state index contributed by atoms with van der Waals surface area (Å²) in [5.74, 6) is 1.73. The molecule has 4 heteroatoms. The summed E-state index contributed by atoms with van der Waals surface area (Å²) in [7, 11) is 1.50. The van der Waals surface area contributed by atoms with Gasteiger partial charge in [-0.15, -0.1) is 0 Å². The van der Waals surface area contributed by atoms with E-state index in [-0.39, 0.29) is 11.3 Å². The first-order chi connectivity index (χ1) is 20.9. The molecule has 1 atom stereocenters. The van der Waals surface area contributed by atoms with Crippen LogP contribution in [0, 0.1) is 18.3 Å². The second-order valence-electron chi connectivity index (χ2n) is 12.4. The first-order valence-electron chi connectivity index (χ1n) is 16.7. The molecule has 1 saturated carbocycles. The van der Waals surface area contributed by atoms with E-state index >= 15 is 0 Å².